The van der Waals surface area contributed by atoms with Gasteiger partial charge in [0.25, 0.3) is 0 Å². The summed E-state index contributed by atoms with van der Waals surface area (Å²) in [6.45, 7) is 0.367. The van der Waals surface area contributed by atoms with Gasteiger partial charge in [0.1, 0.15) is 0 Å². The number of nitriles is 1. The van der Waals surface area contributed by atoms with E-state index in [0.717, 1.165) is 5.41 Å². The molecule has 1 rings (SSSR count). The second kappa shape index (κ2) is 5.63. The molecule has 1 aliphatic heterocycles. The lowest BCUT2D eigenvalue weighted by Gasteiger charge is -2.09. The summed E-state index contributed by atoms with van der Waals surface area (Å²) in [5, 5.41) is 14.7. The van der Waals surface area contributed by atoms with Gasteiger partial charge in [0, 0.05) is 18.0 Å². The third-order valence-electron chi connectivity index (χ3n) is 2.01. The van der Waals surface area contributed by atoms with E-state index in [1.165, 1.54) is 6.08 Å². The molecule has 1 heterocycles. The van der Waals surface area contributed by atoms with Crippen LogP contribution in [-0.2, 0) is 14.6 Å². The van der Waals surface area contributed by atoms with E-state index in [9.17, 15) is 13.2 Å². The fourth-order valence-electron chi connectivity index (χ4n) is 1.25. The van der Waals surface area contributed by atoms with Crippen molar-refractivity contribution in [2.75, 3.05) is 18.8 Å². The molecule has 1 atom stereocenters. The summed E-state index contributed by atoms with van der Waals surface area (Å²) in [4.78, 5) is 11.2. The quantitative estimate of drug-likeness (QED) is 0.598. The highest BCUT2D eigenvalue weighted by molar-refractivity contribution is 7.94. The van der Waals surface area contributed by atoms with Crippen LogP contribution in [0.15, 0.2) is 11.5 Å². The van der Waals surface area contributed by atoms with Crippen LogP contribution in [-0.4, -0.2) is 39.2 Å². The second-order valence-electron chi connectivity index (χ2n) is 3.40. The van der Waals surface area contributed by atoms with Crippen molar-refractivity contribution in [1.82, 2.24) is 10.6 Å². The average molecular weight is 243 g/mol. The summed E-state index contributed by atoms with van der Waals surface area (Å²) in [7, 11) is -3.08. The molecule has 2 N–H and O–H groups in total. The maximum absolute atomic E-state index is 11.2. The SMILES string of the molecule is N#CCCNC(=O)CNC1C=CS(=O)(=O)C1. The Kier molecular flexibility index (Phi) is 4.46. The van der Waals surface area contributed by atoms with Crippen LogP contribution in [0, 0.1) is 11.3 Å². The summed E-state index contributed by atoms with van der Waals surface area (Å²) in [6.07, 6.45) is 1.79. The zero-order valence-corrected chi connectivity index (χ0v) is 9.46. The van der Waals surface area contributed by atoms with E-state index < -0.39 is 9.84 Å². The Labute approximate surface area is 94.2 Å². The van der Waals surface area contributed by atoms with Crippen molar-refractivity contribution in [2.45, 2.75) is 12.5 Å². The van der Waals surface area contributed by atoms with Crippen molar-refractivity contribution < 1.29 is 13.2 Å². The Bertz CT molecular complexity index is 422. The van der Waals surface area contributed by atoms with E-state index in [4.69, 9.17) is 5.26 Å². The van der Waals surface area contributed by atoms with E-state index in [1.54, 1.807) is 0 Å². The minimum absolute atomic E-state index is 0.00151. The molecule has 0 saturated heterocycles. The van der Waals surface area contributed by atoms with Gasteiger partial charge >= 0.3 is 0 Å². The predicted octanol–water partition coefficient (Wildman–Crippen LogP) is -1.08. The zero-order valence-electron chi connectivity index (χ0n) is 8.64. The standard InChI is InChI=1S/C9H13N3O3S/c10-3-1-4-11-9(13)6-12-8-2-5-16(14,15)7-8/h2,5,8,12H,1,4,6-7H2,(H,11,13). The molecular weight excluding hydrogens is 230 g/mol. The Hall–Kier alpha value is -1.39. The maximum Gasteiger partial charge on any atom is 0.234 e. The van der Waals surface area contributed by atoms with Crippen LogP contribution in [0.5, 0.6) is 0 Å². The molecule has 0 spiro atoms. The molecule has 0 fully saturated rings. The van der Waals surface area contributed by atoms with E-state index in [0.29, 0.717) is 6.54 Å². The monoisotopic (exact) mass is 243 g/mol. The Morgan fingerprint density at radius 1 is 1.56 bits per heavy atom. The summed E-state index contributed by atoms with van der Waals surface area (Å²) < 4.78 is 22.1. The normalized spacial score (nSPS) is 21.6. The van der Waals surface area contributed by atoms with Crippen molar-refractivity contribution in [2.24, 2.45) is 0 Å². The van der Waals surface area contributed by atoms with Crippen LogP contribution in [0.25, 0.3) is 0 Å². The Morgan fingerprint density at radius 2 is 2.31 bits per heavy atom. The summed E-state index contributed by atoms with van der Waals surface area (Å²) in [6, 6.07) is 1.61. The molecule has 0 aromatic carbocycles. The molecule has 0 bridgehead atoms. The minimum atomic E-state index is -3.08. The molecule has 88 valence electrons. The van der Waals surface area contributed by atoms with Gasteiger partial charge in [-0.2, -0.15) is 5.26 Å². The number of nitrogens with zero attached hydrogens (tertiary/aromatic N) is 1. The molecular formula is C9H13N3O3S. The lowest BCUT2D eigenvalue weighted by atomic mass is 10.3. The van der Waals surface area contributed by atoms with Gasteiger partial charge in [0.15, 0.2) is 9.84 Å². The Balaban J connectivity index is 2.19. The molecule has 1 aliphatic rings. The summed E-state index contributed by atoms with van der Waals surface area (Å²) in [5.41, 5.74) is 0. The third-order valence-corrected chi connectivity index (χ3v) is 3.41. The first-order valence-electron chi connectivity index (χ1n) is 4.81. The van der Waals surface area contributed by atoms with Crippen molar-refractivity contribution >= 4 is 15.7 Å². The number of nitrogens with one attached hydrogen (secondary N) is 2. The van der Waals surface area contributed by atoms with Gasteiger partial charge in [-0.15, -0.1) is 0 Å². The van der Waals surface area contributed by atoms with Crippen LogP contribution >= 0.6 is 0 Å². The van der Waals surface area contributed by atoms with Gasteiger partial charge in [-0.3, -0.25) is 4.79 Å². The smallest absolute Gasteiger partial charge is 0.234 e. The van der Waals surface area contributed by atoms with Crippen molar-refractivity contribution in [3.63, 3.8) is 0 Å². The highest BCUT2D eigenvalue weighted by Gasteiger charge is 2.21. The van der Waals surface area contributed by atoms with Gasteiger partial charge in [-0.1, -0.05) is 6.08 Å². The number of rotatable bonds is 5. The topological polar surface area (TPSA) is 99.1 Å². The largest absolute Gasteiger partial charge is 0.354 e. The first-order chi connectivity index (χ1) is 7.53. The average Bonchev–Trinajstić information content (AvgIpc) is 2.56. The Morgan fingerprint density at radius 3 is 2.88 bits per heavy atom. The zero-order chi connectivity index (χ0) is 12.0. The number of carbonyl (C=O) groups is 1. The minimum Gasteiger partial charge on any atom is -0.354 e. The highest BCUT2D eigenvalue weighted by Crippen LogP contribution is 2.06. The molecule has 0 aliphatic carbocycles. The van der Waals surface area contributed by atoms with Crippen LogP contribution in [0.1, 0.15) is 6.42 Å². The highest BCUT2D eigenvalue weighted by atomic mass is 32.2. The molecule has 6 nitrogen and oxygen atoms in total. The van der Waals surface area contributed by atoms with Crippen LogP contribution in [0.4, 0.5) is 0 Å². The first kappa shape index (κ1) is 12.7. The number of amides is 1. The van der Waals surface area contributed by atoms with Crippen LogP contribution in [0.2, 0.25) is 0 Å². The summed E-state index contributed by atoms with van der Waals surface area (Å²) >= 11 is 0. The van der Waals surface area contributed by atoms with Crippen molar-refractivity contribution in [1.29, 1.82) is 5.26 Å². The number of carbonyl (C=O) groups excluding carboxylic acids is 1. The first-order valence-corrected chi connectivity index (χ1v) is 6.53. The number of hydrogen-bond donors (Lipinski definition) is 2. The van der Waals surface area contributed by atoms with E-state index in [2.05, 4.69) is 10.6 Å². The molecule has 1 amide bonds. The molecule has 0 aromatic heterocycles. The van der Waals surface area contributed by atoms with Crippen LogP contribution < -0.4 is 10.6 Å². The number of hydrogen-bond acceptors (Lipinski definition) is 5. The predicted molar refractivity (Wildman–Crippen MR) is 58.0 cm³/mol. The van der Waals surface area contributed by atoms with Crippen molar-refractivity contribution in [3.8, 4) is 6.07 Å². The van der Waals surface area contributed by atoms with Gasteiger partial charge in [0.2, 0.25) is 5.91 Å². The maximum atomic E-state index is 11.2. The third kappa shape index (κ3) is 4.42. The second-order valence-corrected chi connectivity index (χ2v) is 5.33. The molecule has 1 unspecified atom stereocenters. The fraction of sp³-hybridized carbons (Fsp3) is 0.556. The lowest BCUT2D eigenvalue weighted by molar-refractivity contribution is -0.120. The van der Waals surface area contributed by atoms with Crippen molar-refractivity contribution in [3.05, 3.63) is 11.5 Å². The number of sulfone groups is 1. The lowest BCUT2D eigenvalue weighted by Crippen LogP contribution is -2.39. The molecule has 0 saturated carbocycles. The molecule has 16 heavy (non-hydrogen) atoms. The molecule has 0 aromatic rings. The fourth-order valence-corrected chi connectivity index (χ4v) is 2.52. The van der Waals surface area contributed by atoms with Gasteiger partial charge in [0.05, 0.1) is 24.8 Å². The summed E-state index contributed by atoms with van der Waals surface area (Å²) in [5.74, 6) is -0.244. The van der Waals surface area contributed by atoms with E-state index in [-0.39, 0.29) is 30.7 Å². The van der Waals surface area contributed by atoms with Crippen LogP contribution in [0.3, 0.4) is 0 Å². The van der Waals surface area contributed by atoms with Gasteiger partial charge in [-0.25, -0.2) is 8.42 Å². The van der Waals surface area contributed by atoms with Gasteiger partial charge < -0.3 is 10.6 Å². The molecule has 0 radical (unpaired) electrons. The van der Waals surface area contributed by atoms with E-state index in [1.807, 2.05) is 6.07 Å². The molecule has 7 heteroatoms. The van der Waals surface area contributed by atoms with E-state index >= 15 is 0 Å². The van der Waals surface area contributed by atoms with Gasteiger partial charge in [-0.05, 0) is 0 Å².